The van der Waals surface area contributed by atoms with E-state index in [1.54, 1.807) is 9.13 Å². The third-order valence-corrected chi connectivity index (χ3v) is 4.28. The molecule has 0 bridgehead atoms. The van der Waals surface area contributed by atoms with Gasteiger partial charge in [-0.3, -0.25) is 9.13 Å². The predicted molar refractivity (Wildman–Crippen MR) is 83.9 cm³/mol. The highest BCUT2D eigenvalue weighted by Gasteiger charge is 2.19. The van der Waals surface area contributed by atoms with Crippen LogP contribution >= 0.6 is 22.6 Å². The molecular formula is C13H16IN3O2. The summed E-state index contributed by atoms with van der Waals surface area (Å²) in [7, 11) is 3.66. The monoisotopic (exact) mass is 373 g/mol. The van der Waals surface area contributed by atoms with Gasteiger partial charge in [-0.25, -0.2) is 4.79 Å². The maximum absolute atomic E-state index is 12.1. The summed E-state index contributed by atoms with van der Waals surface area (Å²) in [6, 6.07) is 4.20. The van der Waals surface area contributed by atoms with Crippen LogP contribution in [-0.4, -0.2) is 35.4 Å². The van der Waals surface area contributed by atoms with Crippen molar-refractivity contribution in [3.63, 3.8) is 0 Å². The Morgan fingerprint density at radius 1 is 1.16 bits per heavy atom. The highest BCUT2D eigenvalue weighted by molar-refractivity contribution is 14.1. The van der Waals surface area contributed by atoms with Crippen molar-refractivity contribution in [2.24, 2.45) is 14.1 Å². The Kier molecular flexibility index (Phi) is 3.30. The highest BCUT2D eigenvalue weighted by Crippen LogP contribution is 2.29. The first kappa shape index (κ1) is 13.0. The van der Waals surface area contributed by atoms with Crippen molar-refractivity contribution in [2.45, 2.75) is 0 Å². The van der Waals surface area contributed by atoms with E-state index in [-0.39, 0.29) is 5.69 Å². The summed E-state index contributed by atoms with van der Waals surface area (Å²) in [6.45, 7) is 3.23. The number of benzene rings is 1. The van der Waals surface area contributed by atoms with E-state index in [0.717, 1.165) is 46.6 Å². The zero-order valence-corrected chi connectivity index (χ0v) is 13.2. The lowest BCUT2D eigenvalue weighted by atomic mass is 10.2. The van der Waals surface area contributed by atoms with E-state index in [0.29, 0.717) is 0 Å². The quantitative estimate of drug-likeness (QED) is 0.708. The van der Waals surface area contributed by atoms with Crippen molar-refractivity contribution >= 4 is 39.3 Å². The van der Waals surface area contributed by atoms with Crippen LogP contribution < -0.4 is 10.6 Å². The standard InChI is InChI=1S/C13H16IN3O2/c1-15-10-7-9(14)8-11(12(10)16(2)13(15)18)17-3-5-19-6-4-17/h7-8H,3-6H2,1-2H3. The molecule has 0 saturated carbocycles. The first-order valence-corrected chi connectivity index (χ1v) is 7.35. The van der Waals surface area contributed by atoms with Gasteiger partial charge >= 0.3 is 5.69 Å². The van der Waals surface area contributed by atoms with E-state index in [2.05, 4.69) is 39.6 Å². The van der Waals surface area contributed by atoms with Gasteiger partial charge in [-0.2, -0.15) is 0 Å². The van der Waals surface area contributed by atoms with Gasteiger partial charge in [-0.1, -0.05) is 0 Å². The maximum Gasteiger partial charge on any atom is 0.328 e. The molecule has 1 saturated heterocycles. The van der Waals surface area contributed by atoms with E-state index in [9.17, 15) is 4.79 Å². The molecule has 0 aliphatic carbocycles. The van der Waals surface area contributed by atoms with Gasteiger partial charge in [0.2, 0.25) is 0 Å². The Bertz CT molecular complexity index is 683. The smallest absolute Gasteiger partial charge is 0.328 e. The average Bonchev–Trinajstić information content (AvgIpc) is 2.64. The lowest BCUT2D eigenvalue weighted by molar-refractivity contribution is 0.123. The van der Waals surface area contributed by atoms with Gasteiger partial charge in [0, 0.05) is 30.8 Å². The number of hydrogen-bond donors (Lipinski definition) is 0. The molecule has 1 aliphatic rings. The van der Waals surface area contributed by atoms with Crippen LogP contribution in [0.3, 0.4) is 0 Å². The second-order valence-corrected chi connectivity index (χ2v) is 6.04. The molecule has 5 nitrogen and oxygen atoms in total. The van der Waals surface area contributed by atoms with Crippen LogP contribution in [0.15, 0.2) is 16.9 Å². The van der Waals surface area contributed by atoms with Crippen LogP contribution in [0.5, 0.6) is 0 Å². The number of halogens is 1. The van der Waals surface area contributed by atoms with Gasteiger partial charge in [0.1, 0.15) is 0 Å². The van der Waals surface area contributed by atoms with Crippen molar-refractivity contribution in [1.29, 1.82) is 0 Å². The number of ether oxygens (including phenoxy) is 1. The molecule has 0 radical (unpaired) electrons. The third kappa shape index (κ3) is 2.06. The number of imidazole rings is 1. The average molecular weight is 373 g/mol. The van der Waals surface area contributed by atoms with Crippen molar-refractivity contribution in [3.8, 4) is 0 Å². The minimum atomic E-state index is 0.0199. The summed E-state index contributed by atoms with van der Waals surface area (Å²) >= 11 is 2.30. The van der Waals surface area contributed by atoms with Crippen LogP contribution in [0.1, 0.15) is 0 Å². The van der Waals surface area contributed by atoms with E-state index in [1.165, 1.54) is 0 Å². The molecule has 0 atom stereocenters. The second-order valence-electron chi connectivity index (χ2n) is 4.79. The molecule has 102 valence electrons. The Labute approximate surface area is 124 Å². The molecule has 1 fully saturated rings. The summed E-state index contributed by atoms with van der Waals surface area (Å²) in [4.78, 5) is 14.4. The van der Waals surface area contributed by atoms with Crippen LogP contribution in [0, 0.1) is 3.57 Å². The minimum Gasteiger partial charge on any atom is -0.378 e. The van der Waals surface area contributed by atoms with E-state index < -0.39 is 0 Å². The first-order valence-electron chi connectivity index (χ1n) is 6.27. The van der Waals surface area contributed by atoms with E-state index in [1.807, 2.05) is 14.1 Å². The molecule has 0 unspecified atom stereocenters. The van der Waals surface area contributed by atoms with Crippen molar-refractivity contribution < 1.29 is 4.74 Å². The largest absolute Gasteiger partial charge is 0.378 e. The summed E-state index contributed by atoms with van der Waals surface area (Å²) in [5.41, 5.74) is 3.15. The molecule has 2 aromatic rings. The Hall–Kier alpha value is -1.02. The zero-order valence-electron chi connectivity index (χ0n) is 11.0. The number of fused-ring (bicyclic) bond motifs is 1. The Morgan fingerprint density at radius 3 is 2.53 bits per heavy atom. The SMILES string of the molecule is Cn1c(=O)n(C)c2c(N3CCOCC3)cc(I)cc21. The van der Waals surface area contributed by atoms with E-state index >= 15 is 0 Å². The Balaban J connectivity index is 2.28. The molecule has 1 aromatic heterocycles. The molecule has 0 amide bonds. The van der Waals surface area contributed by atoms with Gasteiger partial charge in [-0.15, -0.1) is 0 Å². The molecule has 2 heterocycles. The predicted octanol–water partition coefficient (Wildman–Crippen LogP) is 1.32. The van der Waals surface area contributed by atoms with E-state index in [4.69, 9.17) is 4.74 Å². The van der Waals surface area contributed by atoms with Crippen LogP contribution in [0.25, 0.3) is 11.0 Å². The molecule has 0 N–H and O–H groups in total. The van der Waals surface area contributed by atoms with Gasteiger partial charge < -0.3 is 9.64 Å². The van der Waals surface area contributed by atoms with Crippen LogP contribution in [0.2, 0.25) is 0 Å². The maximum atomic E-state index is 12.1. The molecular weight excluding hydrogens is 357 g/mol. The first-order chi connectivity index (χ1) is 9.09. The normalized spacial score (nSPS) is 16.3. The number of aromatic nitrogens is 2. The van der Waals surface area contributed by atoms with Crippen LogP contribution in [0.4, 0.5) is 5.69 Å². The summed E-state index contributed by atoms with van der Waals surface area (Å²) in [6.07, 6.45) is 0. The van der Waals surface area contributed by atoms with Crippen molar-refractivity contribution in [1.82, 2.24) is 9.13 Å². The summed E-state index contributed by atoms with van der Waals surface area (Å²) < 4.78 is 9.99. The Morgan fingerprint density at radius 2 is 1.84 bits per heavy atom. The number of rotatable bonds is 1. The molecule has 1 aromatic carbocycles. The number of morpholine rings is 1. The fraction of sp³-hybridized carbons (Fsp3) is 0.462. The van der Waals surface area contributed by atoms with Crippen LogP contribution in [-0.2, 0) is 18.8 Å². The number of aryl methyl sites for hydroxylation is 2. The topological polar surface area (TPSA) is 39.4 Å². The van der Waals surface area contributed by atoms with Gasteiger partial charge in [0.25, 0.3) is 0 Å². The molecule has 1 aliphatic heterocycles. The van der Waals surface area contributed by atoms with Gasteiger partial charge in [-0.05, 0) is 34.7 Å². The molecule has 3 rings (SSSR count). The van der Waals surface area contributed by atoms with Crippen molar-refractivity contribution in [3.05, 3.63) is 26.2 Å². The molecule has 0 spiro atoms. The van der Waals surface area contributed by atoms with Gasteiger partial charge in [0.05, 0.1) is 29.9 Å². The lowest BCUT2D eigenvalue weighted by Crippen LogP contribution is -2.36. The third-order valence-electron chi connectivity index (χ3n) is 3.66. The second kappa shape index (κ2) is 4.82. The number of anilines is 1. The molecule has 6 heteroatoms. The highest BCUT2D eigenvalue weighted by atomic mass is 127. The zero-order chi connectivity index (χ0) is 13.6. The summed E-state index contributed by atoms with van der Waals surface area (Å²) in [5, 5.41) is 0. The number of hydrogen-bond acceptors (Lipinski definition) is 3. The molecule has 19 heavy (non-hydrogen) atoms. The fourth-order valence-corrected chi connectivity index (χ4v) is 3.23. The number of nitrogens with zero attached hydrogens (tertiary/aromatic N) is 3. The summed E-state index contributed by atoms with van der Waals surface area (Å²) in [5.74, 6) is 0. The van der Waals surface area contributed by atoms with Gasteiger partial charge in [0.15, 0.2) is 0 Å². The lowest BCUT2D eigenvalue weighted by Gasteiger charge is -2.29. The minimum absolute atomic E-state index is 0.0199. The fourth-order valence-electron chi connectivity index (χ4n) is 2.64. The van der Waals surface area contributed by atoms with Crippen molar-refractivity contribution in [2.75, 3.05) is 31.2 Å².